The minimum atomic E-state index is -0.130. The Morgan fingerprint density at radius 2 is 2.00 bits per heavy atom. The second kappa shape index (κ2) is 7.25. The van der Waals surface area contributed by atoms with Gasteiger partial charge in [0.25, 0.3) is 0 Å². The third-order valence-corrected chi connectivity index (χ3v) is 4.09. The molecule has 0 atom stereocenters. The molecule has 1 nitrogen and oxygen atoms in total. The summed E-state index contributed by atoms with van der Waals surface area (Å²) in [6.07, 6.45) is 6.64. The summed E-state index contributed by atoms with van der Waals surface area (Å²) < 4.78 is 13.2. The van der Waals surface area contributed by atoms with E-state index in [4.69, 9.17) is 0 Å². The molecule has 0 radical (unpaired) electrons. The van der Waals surface area contributed by atoms with Crippen LogP contribution in [-0.2, 0) is 6.54 Å². The maximum absolute atomic E-state index is 13.2. The van der Waals surface area contributed by atoms with E-state index in [2.05, 4.69) is 20.8 Å². The van der Waals surface area contributed by atoms with Crippen LogP contribution in [0.2, 0.25) is 0 Å². The Morgan fingerprint density at radius 3 is 2.67 bits per heavy atom. The molecule has 0 spiro atoms. The van der Waals surface area contributed by atoms with E-state index in [1.165, 1.54) is 38.2 Å². The molecule has 1 fully saturated rings. The van der Waals surface area contributed by atoms with Gasteiger partial charge in [0.1, 0.15) is 5.82 Å². The van der Waals surface area contributed by atoms with Crippen molar-refractivity contribution < 1.29 is 4.39 Å². The predicted octanol–water partition coefficient (Wildman–Crippen LogP) is 4.36. The highest BCUT2D eigenvalue weighted by atomic mass is 79.9. The Hall–Kier alpha value is -0.410. The van der Waals surface area contributed by atoms with Gasteiger partial charge in [-0.2, -0.15) is 0 Å². The van der Waals surface area contributed by atoms with Crippen molar-refractivity contribution in [2.24, 2.45) is 0 Å². The van der Waals surface area contributed by atoms with Crippen LogP contribution in [-0.4, -0.2) is 22.8 Å². The van der Waals surface area contributed by atoms with Crippen molar-refractivity contribution in [3.05, 3.63) is 35.6 Å². The summed E-state index contributed by atoms with van der Waals surface area (Å²) in [5, 5.41) is 0.985. The molecule has 0 N–H and O–H groups in total. The van der Waals surface area contributed by atoms with Crippen molar-refractivity contribution in [3.8, 4) is 0 Å². The lowest BCUT2D eigenvalue weighted by atomic mass is 9.94. The third-order valence-electron chi connectivity index (χ3n) is 3.74. The van der Waals surface area contributed by atoms with Crippen LogP contribution in [0.4, 0.5) is 4.39 Å². The van der Waals surface area contributed by atoms with Gasteiger partial charge in [0.2, 0.25) is 0 Å². The van der Waals surface area contributed by atoms with Gasteiger partial charge in [0.05, 0.1) is 0 Å². The molecule has 1 aliphatic carbocycles. The smallest absolute Gasteiger partial charge is 0.123 e. The van der Waals surface area contributed by atoms with Crippen molar-refractivity contribution in [3.63, 3.8) is 0 Å². The minimum Gasteiger partial charge on any atom is -0.295 e. The summed E-state index contributed by atoms with van der Waals surface area (Å²) >= 11 is 3.53. The first-order chi connectivity index (χ1) is 8.79. The Kier molecular flexibility index (Phi) is 5.64. The zero-order valence-corrected chi connectivity index (χ0v) is 12.3. The molecular weight excluding hydrogens is 293 g/mol. The SMILES string of the molecule is Fc1cccc(CN(CCBr)C2CCCCC2)c1. The average molecular weight is 314 g/mol. The van der Waals surface area contributed by atoms with E-state index in [0.29, 0.717) is 6.04 Å². The first kappa shape index (κ1) is 14.0. The van der Waals surface area contributed by atoms with E-state index >= 15 is 0 Å². The van der Waals surface area contributed by atoms with Gasteiger partial charge in [-0.15, -0.1) is 0 Å². The van der Waals surface area contributed by atoms with Crippen LogP contribution >= 0.6 is 15.9 Å². The number of nitrogens with zero attached hydrogens (tertiary/aromatic N) is 1. The monoisotopic (exact) mass is 313 g/mol. The first-order valence-electron chi connectivity index (χ1n) is 6.84. The van der Waals surface area contributed by atoms with Crippen LogP contribution in [0.5, 0.6) is 0 Å². The number of halogens is 2. The van der Waals surface area contributed by atoms with Crippen LogP contribution in [0.25, 0.3) is 0 Å². The summed E-state index contributed by atoms with van der Waals surface area (Å²) in [6.45, 7) is 1.91. The summed E-state index contributed by atoms with van der Waals surface area (Å²) in [6, 6.07) is 7.67. The van der Waals surface area contributed by atoms with Gasteiger partial charge < -0.3 is 0 Å². The quantitative estimate of drug-likeness (QED) is 0.730. The topological polar surface area (TPSA) is 3.24 Å². The lowest BCUT2D eigenvalue weighted by Gasteiger charge is -2.34. The number of benzene rings is 1. The van der Waals surface area contributed by atoms with Gasteiger partial charge in [-0.05, 0) is 30.5 Å². The van der Waals surface area contributed by atoms with Crippen LogP contribution in [0.15, 0.2) is 24.3 Å². The number of hydrogen-bond acceptors (Lipinski definition) is 1. The fourth-order valence-corrected chi connectivity index (χ4v) is 3.27. The van der Waals surface area contributed by atoms with E-state index in [1.807, 2.05) is 6.07 Å². The zero-order chi connectivity index (χ0) is 12.8. The molecule has 2 rings (SSSR count). The highest BCUT2D eigenvalue weighted by Crippen LogP contribution is 2.24. The normalized spacial score (nSPS) is 17.3. The van der Waals surface area contributed by atoms with Crippen LogP contribution in [0.3, 0.4) is 0 Å². The summed E-state index contributed by atoms with van der Waals surface area (Å²) in [4.78, 5) is 2.50. The fourth-order valence-electron chi connectivity index (χ4n) is 2.82. The van der Waals surface area contributed by atoms with Crippen molar-refractivity contribution in [2.75, 3.05) is 11.9 Å². The Labute approximate surface area is 118 Å². The summed E-state index contributed by atoms with van der Waals surface area (Å²) in [5.74, 6) is -0.130. The highest BCUT2D eigenvalue weighted by molar-refractivity contribution is 9.09. The molecule has 0 unspecified atom stereocenters. The van der Waals surface area contributed by atoms with E-state index < -0.39 is 0 Å². The molecule has 0 aromatic heterocycles. The van der Waals surface area contributed by atoms with Crippen LogP contribution < -0.4 is 0 Å². The van der Waals surface area contributed by atoms with E-state index in [9.17, 15) is 4.39 Å². The van der Waals surface area contributed by atoms with Crippen molar-refractivity contribution in [2.45, 2.75) is 44.7 Å². The van der Waals surface area contributed by atoms with Gasteiger partial charge in [0.15, 0.2) is 0 Å². The number of alkyl halides is 1. The summed E-state index contributed by atoms with van der Waals surface area (Å²) in [7, 11) is 0. The molecule has 1 aromatic carbocycles. The molecule has 0 amide bonds. The second-order valence-electron chi connectivity index (χ2n) is 5.08. The molecule has 1 aromatic rings. The van der Waals surface area contributed by atoms with E-state index in [0.717, 1.165) is 24.0 Å². The van der Waals surface area contributed by atoms with Crippen molar-refractivity contribution in [1.29, 1.82) is 0 Å². The van der Waals surface area contributed by atoms with E-state index in [1.54, 1.807) is 12.1 Å². The molecule has 1 saturated carbocycles. The third kappa shape index (κ3) is 4.06. The molecule has 1 aliphatic rings. The molecule has 3 heteroatoms. The van der Waals surface area contributed by atoms with Gasteiger partial charge in [0, 0.05) is 24.5 Å². The number of hydrogen-bond donors (Lipinski definition) is 0. The largest absolute Gasteiger partial charge is 0.295 e. The Balaban J connectivity index is 2.00. The molecule has 100 valence electrons. The van der Waals surface area contributed by atoms with Gasteiger partial charge in [-0.3, -0.25) is 4.90 Å². The van der Waals surface area contributed by atoms with Gasteiger partial charge in [-0.25, -0.2) is 4.39 Å². The molecule has 0 heterocycles. The standard InChI is InChI=1S/C15H21BrFN/c16-9-10-18(15-7-2-1-3-8-15)12-13-5-4-6-14(17)11-13/h4-6,11,15H,1-3,7-10,12H2. The molecule has 0 aliphatic heterocycles. The molecular formula is C15H21BrFN. The fraction of sp³-hybridized carbons (Fsp3) is 0.600. The summed E-state index contributed by atoms with van der Waals surface area (Å²) in [5.41, 5.74) is 1.08. The average Bonchev–Trinajstić information content (AvgIpc) is 2.39. The Morgan fingerprint density at radius 1 is 1.22 bits per heavy atom. The van der Waals surface area contributed by atoms with Crippen LogP contribution in [0.1, 0.15) is 37.7 Å². The van der Waals surface area contributed by atoms with Crippen molar-refractivity contribution >= 4 is 15.9 Å². The minimum absolute atomic E-state index is 0.130. The Bertz CT molecular complexity index is 363. The van der Waals surface area contributed by atoms with Crippen LogP contribution in [0, 0.1) is 5.82 Å². The molecule has 0 bridgehead atoms. The molecule has 18 heavy (non-hydrogen) atoms. The zero-order valence-electron chi connectivity index (χ0n) is 10.7. The second-order valence-corrected chi connectivity index (χ2v) is 5.87. The lowest BCUT2D eigenvalue weighted by Crippen LogP contribution is -2.37. The maximum Gasteiger partial charge on any atom is 0.123 e. The maximum atomic E-state index is 13.2. The lowest BCUT2D eigenvalue weighted by molar-refractivity contribution is 0.157. The highest BCUT2D eigenvalue weighted by Gasteiger charge is 2.20. The van der Waals surface area contributed by atoms with Crippen molar-refractivity contribution in [1.82, 2.24) is 4.90 Å². The van der Waals surface area contributed by atoms with Gasteiger partial charge >= 0.3 is 0 Å². The van der Waals surface area contributed by atoms with E-state index in [-0.39, 0.29) is 5.82 Å². The first-order valence-corrected chi connectivity index (χ1v) is 7.96. The predicted molar refractivity (Wildman–Crippen MR) is 77.5 cm³/mol. The number of rotatable bonds is 5. The molecule has 0 saturated heterocycles. The van der Waals surface area contributed by atoms with Gasteiger partial charge in [-0.1, -0.05) is 47.3 Å².